The van der Waals surface area contributed by atoms with E-state index in [-0.39, 0.29) is 12.8 Å². The van der Waals surface area contributed by atoms with Gasteiger partial charge in [-0.3, -0.25) is 18.6 Å². The Balaban J connectivity index is 2.52. The molecular formula is C40H73O13P. The standard InChI is InChI=1S/C40H73O13P/c1-3-5-7-9-11-13-15-16-17-19-20-22-24-26-28-33(41)50-30-32(52-34(42)29-27-25-23-21-18-14-12-10-8-6-4-2)31-51-54(48,49)53-40-38(46)36(44)35(43)37(45)39(40)47/h10,12,15-16,32,35-40,43-47H,3-9,11,13-14,17-31H2,1-2H3,(H,48,49)/b12-10-,16-15-/t32-,35?,36-,37?,38?,39?,40?/m1/s1. The second-order valence-electron chi connectivity index (χ2n) is 14.5. The van der Waals surface area contributed by atoms with E-state index in [9.17, 15) is 44.6 Å². The molecule has 0 bridgehead atoms. The molecule has 0 heterocycles. The van der Waals surface area contributed by atoms with Gasteiger partial charge in [0.25, 0.3) is 0 Å². The minimum atomic E-state index is -5.11. The quantitative estimate of drug-likeness (QED) is 0.0173. The predicted molar refractivity (Wildman–Crippen MR) is 207 cm³/mol. The van der Waals surface area contributed by atoms with Crippen LogP contribution in [0, 0.1) is 0 Å². The molecule has 0 saturated heterocycles. The molecule has 6 N–H and O–H groups in total. The second-order valence-corrected chi connectivity index (χ2v) is 15.9. The minimum absolute atomic E-state index is 0.0854. The lowest BCUT2D eigenvalue weighted by molar-refractivity contribution is -0.220. The van der Waals surface area contributed by atoms with Gasteiger partial charge < -0.3 is 39.9 Å². The summed E-state index contributed by atoms with van der Waals surface area (Å²) in [7, 11) is -5.11. The Morgan fingerprint density at radius 3 is 1.46 bits per heavy atom. The molecule has 0 spiro atoms. The molecule has 13 nitrogen and oxygen atoms in total. The number of esters is 2. The van der Waals surface area contributed by atoms with Crippen molar-refractivity contribution in [2.24, 2.45) is 0 Å². The molecule has 14 heteroatoms. The van der Waals surface area contributed by atoms with Crippen molar-refractivity contribution in [2.75, 3.05) is 13.2 Å². The van der Waals surface area contributed by atoms with Gasteiger partial charge in [0.15, 0.2) is 6.10 Å². The van der Waals surface area contributed by atoms with Crippen LogP contribution in [0.5, 0.6) is 0 Å². The van der Waals surface area contributed by atoms with Crippen LogP contribution < -0.4 is 0 Å². The van der Waals surface area contributed by atoms with Gasteiger partial charge in [0, 0.05) is 12.8 Å². The molecule has 316 valence electrons. The van der Waals surface area contributed by atoms with E-state index >= 15 is 0 Å². The largest absolute Gasteiger partial charge is 0.472 e. The Hall–Kier alpha value is -1.67. The summed E-state index contributed by atoms with van der Waals surface area (Å²) < 4.78 is 33.3. The summed E-state index contributed by atoms with van der Waals surface area (Å²) >= 11 is 0. The average Bonchev–Trinajstić information content (AvgIpc) is 3.15. The Labute approximate surface area is 324 Å². The molecule has 1 saturated carbocycles. The van der Waals surface area contributed by atoms with Crippen molar-refractivity contribution in [3.05, 3.63) is 24.3 Å². The first-order valence-corrected chi connectivity index (χ1v) is 22.1. The molecule has 1 rings (SSSR count). The van der Waals surface area contributed by atoms with Crippen LogP contribution in [-0.2, 0) is 32.7 Å². The fourth-order valence-electron chi connectivity index (χ4n) is 6.08. The first-order valence-electron chi connectivity index (χ1n) is 20.6. The number of allylic oxidation sites excluding steroid dienone is 4. The van der Waals surface area contributed by atoms with Gasteiger partial charge in [0.1, 0.15) is 43.2 Å². The second kappa shape index (κ2) is 31.4. The number of aliphatic hydroxyl groups excluding tert-OH is 5. The summed E-state index contributed by atoms with van der Waals surface area (Å²) in [6, 6.07) is 0. The summed E-state index contributed by atoms with van der Waals surface area (Å²) in [6.07, 6.45) is 18.2. The predicted octanol–water partition coefficient (Wildman–Crippen LogP) is 6.89. The Morgan fingerprint density at radius 1 is 0.556 bits per heavy atom. The monoisotopic (exact) mass is 792 g/mol. The fraction of sp³-hybridized carbons (Fsp3) is 0.850. The van der Waals surface area contributed by atoms with Crippen molar-refractivity contribution in [1.29, 1.82) is 0 Å². The van der Waals surface area contributed by atoms with E-state index in [1.807, 2.05) is 0 Å². The number of hydrogen-bond acceptors (Lipinski definition) is 12. The normalized spacial score (nSPS) is 23.5. The molecule has 8 atom stereocenters. The number of aliphatic hydroxyl groups is 5. The highest BCUT2D eigenvalue weighted by Crippen LogP contribution is 2.47. The molecule has 0 radical (unpaired) electrons. The molecule has 0 amide bonds. The van der Waals surface area contributed by atoms with Crippen molar-refractivity contribution in [1.82, 2.24) is 0 Å². The Bertz CT molecular complexity index is 1050. The molecule has 54 heavy (non-hydrogen) atoms. The zero-order valence-electron chi connectivity index (χ0n) is 33.0. The van der Waals surface area contributed by atoms with Crippen LogP contribution in [0.2, 0.25) is 0 Å². The number of carbonyl (C=O) groups excluding carboxylic acids is 2. The number of hydrogen-bond donors (Lipinski definition) is 6. The molecule has 1 fully saturated rings. The van der Waals surface area contributed by atoms with Crippen molar-refractivity contribution in [3.63, 3.8) is 0 Å². The average molecular weight is 793 g/mol. The zero-order chi connectivity index (χ0) is 40.0. The van der Waals surface area contributed by atoms with Gasteiger partial charge in [-0.05, 0) is 57.8 Å². The third-order valence-electron chi connectivity index (χ3n) is 9.52. The summed E-state index contributed by atoms with van der Waals surface area (Å²) in [5.74, 6) is -1.12. The summed E-state index contributed by atoms with van der Waals surface area (Å²) in [4.78, 5) is 35.5. The maximum Gasteiger partial charge on any atom is 0.472 e. The van der Waals surface area contributed by atoms with Gasteiger partial charge >= 0.3 is 19.8 Å². The SMILES string of the molecule is CCCC/C=C\CCCCCCCC(=O)O[C@H](COC(=O)CCCCCCC/C=C\CCCCCCC)COP(=O)(O)OC1C(O)C(O)C(O)[C@@H](O)C1O. The van der Waals surface area contributed by atoms with Crippen LogP contribution in [0.4, 0.5) is 0 Å². The Kier molecular flexibility index (Phi) is 29.3. The van der Waals surface area contributed by atoms with E-state index in [1.54, 1.807) is 0 Å². The van der Waals surface area contributed by atoms with Crippen molar-refractivity contribution in [2.45, 2.75) is 204 Å². The number of carbonyl (C=O) groups is 2. The van der Waals surface area contributed by atoms with E-state index in [0.29, 0.717) is 12.8 Å². The molecule has 0 aromatic carbocycles. The van der Waals surface area contributed by atoms with Gasteiger partial charge in [0.2, 0.25) is 0 Å². The van der Waals surface area contributed by atoms with Crippen LogP contribution in [0.25, 0.3) is 0 Å². The van der Waals surface area contributed by atoms with Crippen molar-refractivity contribution < 1.29 is 63.1 Å². The summed E-state index contributed by atoms with van der Waals surface area (Å²) in [5.41, 5.74) is 0. The number of phosphoric acid groups is 1. The lowest BCUT2D eigenvalue weighted by Crippen LogP contribution is -2.64. The van der Waals surface area contributed by atoms with Crippen molar-refractivity contribution in [3.8, 4) is 0 Å². The summed E-state index contributed by atoms with van der Waals surface area (Å²) in [5, 5.41) is 50.0. The molecule has 1 aliphatic carbocycles. The van der Waals surface area contributed by atoms with Crippen LogP contribution in [0.1, 0.15) is 162 Å². The highest BCUT2D eigenvalue weighted by atomic mass is 31.2. The topological polar surface area (TPSA) is 210 Å². The molecule has 0 aromatic rings. The zero-order valence-corrected chi connectivity index (χ0v) is 33.9. The third-order valence-corrected chi connectivity index (χ3v) is 10.5. The fourth-order valence-corrected chi connectivity index (χ4v) is 7.06. The lowest BCUT2D eigenvalue weighted by atomic mass is 9.85. The van der Waals surface area contributed by atoms with Gasteiger partial charge in [-0.25, -0.2) is 4.57 Å². The smallest absolute Gasteiger partial charge is 0.462 e. The molecule has 6 unspecified atom stereocenters. The van der Waals surface area contributed by atoms with E-state index in [0.717, 1.165) is 77.0 Å². The minimum Gasteiger partial charge on any atom is -0.462 e. The van der Waals surface area contributed by atoms with Gasteiger partial charge in [-0.2, -0.15) is 0 Å². The van der Waals surface area contributed by atoms with Crippen LogP contribution in [0.3, 0.4) is 0 Å². The van der Waals surface area contributed by atoms with E-state index in [1.165, 1.54) is 44.9 Å². The first kappa shape index (κ1) is 50.3. The molecule has 0 aromatic heterocycles. The first-order chi connectivity index (χ1) is 25.9. The van der Waals surface area contributed by atoms with Gasteiger partial charge in [0.05, 0.1) is 6.61 Å². The van der Waals surface area contributed by atoms with E-state index < -0.39 is 75.7 Å². The van der Waals surface area contributed by atoms with Gasteiger partial charge in [-0.1, -0.05) is 115 Å². The maximum atomic E-state index is 12.7. The maximum absolute atomic E-state index is 12.7. The molecular weight excluding hydrogens is 719 g/mol. The van der Waals surface area contributed by atoms with E-state index in [4.69, 9.17) is 18.5 Å². The van der Waals surface area contributed by atoms with Gasteiger partial charge in [-0.15, -0.1) is 0 Å². The number of rotatable bonds is 33. The molecule has 0 aliphatic heterocycles. The van der Waals surface area contributed by atoms with Crippen LogP contribution >= 0.6 is 7.82 Å². The van der Waals surface area contributed by atoms with Crippen LogP contribution in [-0.4, -0.2) is 98.3 Å². The number of ether oxygens (including phenoxy) is 2. The lowest BCUT2D eigenvalue weighted by Gasteiger charge is -2.41. The van der Waals surface area contributed by atoms with E-state index in [2.05, 4.69) is 38.2 Å². The number of unbranched alkanes of at least 4 members (excludes halogenated alkanes) is 17. The molecule has 1 aliphatic rings. The highest BCUT2D eigenvalue weighted by Gasteiger charge is 2.51. The van der Waals surface area contributed by atoms with Crippen molar-refractivity contribution >= 4 is 19.8 Å². The summed E-state index contributed by atoms with van der Waals surface area (Å²) in [6.45, 7) is 3.21. The van der Waals surface area contributed by atoms with Crippen LogP contribution in [0.15, 0.2) is 24.3 Å². The third kappa shape index (κ3) is 24.1. The Morgan fingerprint density at radius 2 is 0.963 bits per heavy atom. The number of phosphoric ester groups is 1. The highest BCUT2D eigenvalue weighted by molar-refractivity contribution is 7.47.